The van der Waals surface area contributed by atoms with Gasteiger partial charge in [-0.25, -0.2) is 17.5 Å². The molecule has 2 fully saturated rings. The van der Waals surface area contributed by atoms with Gasteiger partial charge in [-0.2, -0.15) is 5.21 Å². The molecule has 2 heterocycles. The number of aromatic amines is 1. The minimum absolute atomic E-state index is 0.00666. The minimum Gasteiger partial charge on any atom is -0.373 e. The van der Waals surface area contributed by atoms with Gasteiger partial charge >= 0.3 is 0 Å². The fraction of sp³-hybridized carbons (Fsp3) is 0.533. The van der Waals surface area contributed by atoms with Crippen LogP contribution in [0.4, 0.5) is 4.39 Å². The molecule has 1 aromatic heterocycles. The van der Waals surface area contributed by atoms with E-state index in [1.54, 1.807) is 0 Å². The van der Waals surface area contributed by atoms with E-state index in [2.05, 4.69) is 25.3 Å². The largest absolute Gasteiger partial charge is 0.373 e. The summed E-state index contributed by atoms with van der Waals surface area (Å²) in [6, 6.07) is 3.23. The van der Waals surface area contributed by atoms with Crippen LogP contribution in [0.1, 0.15) is 19.3 Å². The van der Waals surface area contributed by atoms with Crippen molar-refractivity contribution < 1.29 is 22.3 Å². The molecule has 0 radical (unpaired) electrons. The fourth-order valence-electron chi connectivity index (χ4n) is 3.38. The summed E-state index contributed by atoms with van der Waals surface area (Å²) in [6.07, 6.45) is 1.86. The van der Waals surface area contributed by atoms with Crippen molar-refractivity contribution in [2.24, 2.45) is 0 Å². The van der Waals surface area contributed by atoms with Crippen molar-refractivity contribution in [1.29, 1.82) is 0 Å². The molecule has 140 valence electrons. The molecule has 3 unspecified atom stereocenters. The van der Waals surface area contributed by atoms with Crippen molar-refractivity contribution in [3.63, 3.8) is 0 Å². The number of hydrogen-bond donors (Lipinski definition) is 2. The molecule has 2 N–H and O–H groups in total. The van der Waals surface area contributed by atoms with E-state index in [-0.39, 0.29) is 34.5 Å². The van der Waals surface area contributed by atoms with E-state index >= 15 is 0 Å². The van der Waals surface area contributed by atoms with Gasteiger partial charge < -0.3 is 9.47 Å². The van der Waals surface area contributed by atoms with E-state index in [0.717, 1.165) is 12.5 Å². The van der Waals surface area contributed by atoms with E-state index in [0.29, 0.717) is 26.1 Å². The maximum absolute atomic E-state index is 14.0. The van der Waals surface area contributed by atoms with Gasteiger partial charge in [0.25, 0.3) is 0 Å². The van der Waals surface area contributed by atoms with Crippen molar-refractivity contribution in [2.75, 3.05) is 13.2 Å². The maximum atomic E-state index is 14.0. The van der Waals surface area contributed by atoms with Crippen molar-refractivity contribution in [3.05, 3.63) is 24.0 Å². The number of H-pyrrole nitrogens is 1. The highest BCUT2D eigenvalue weighted by atomic mass is 32.2. The number of ether oxygens (including phenoxy) is 2. The Morgan fingerprint density at radius 1 is 1.19 bits per heavy atom. The Labute approximate surface area is 149 Å². The zero-order valence-corrected chi connectivity index (χ0v) is 14.6. The molecule has 0 amide bonds. The molecule has 1 saturated carbocycles. The summed E-state index contributed by atoms with van der Waals surface area (Å²) in [4.78, 5) is -0.0540. The maximum Gasteiger partial charge on any atom is 0.240 e. The number of aromatic nitrogens is 4. The smallest absolute Gasteiger partial charge is 0.240 e. The summed E-state index contributed by atoms with van der Waals surface area (Å²) in [7, 11) is -3.83. The number of tetrazole rings is 1. The fourth-order valence-corrected chi connectivity index (χ4v) is 4.69. The van der Waals surface area contributed by atoms with Gasteiger partial charge in [-0.1, -0.05) is 0 Å². The van der Waals surface area contributed by atoms with E-state index in [4.69, 9.17) is 9.47 Å². The lowest BCUT2D eigenvalue weighted by molar-refractivity contribution is -0.156. The Kier molecular flexibility index (Phi) is 4.69. The van der Waals surface area contributed by atoms with Gasteiger partial charge in [0.15, 0.2) is 0 Å². The molecule has 1 aromatic carbocycles. The highest BCUT2D eigenvalue weighted by molar-refractivity contribution is 7.89. The first kappa shape index (κ1) is 17.5. The van der Waals surface area contributed by atoms with Crippen LogP contribution in [0.25, 0.3) is 11.4 Å². The molecular weight excluding hydrogens is 365 g/mol. The number of halogens is 1. The molecule has 1 aliphatic heterocycles. The third-order valence-corrected chi connectivity index (χ3v) is 6.15. The Morgan fingerprint density at radius 2 is 2.00 bits per heavy atom. The third kappa shape index (κ3) is 3.47. The zero-order valence-electron chi connectivity index (χ0n) is 13.8. The van der Waals surface area contributed by atoms with Crippen LogP contribution in [0.3, 0.4) is 0 Å². The molecule has 0 bridgehead atoms. The first-order valence-corrected chi connectivity index (χ1v) is 9.80. The summed E-state index contributed by atoms with van der Waals surface area (Å²) in [5.74, 6) is -0.633. The van der Waals surface area contributed by atoms with Crippen LogP contribution in [-0.2, 0) is 19.5 Å². The van der Waals surface area contributed by atoms with Gasteiger partial charge in [-0.15, -0.1) is 10.2 Å². The molecule has 0 spiro atoms. The third-order valence-electron chi connectivity index (χ3n) is 4.63. The number of rotatable bonds is 4. The summed E-state index contributed by atoms with van der Waals surface area (Å²) in [5, 5.41) is 13.0. The number of hydrogen-bond acceptors (Lipinski definition) is 7. The molecule has 2 aromatic rings. The predicted molar refractivity (Wildman–Crippen MR) is 87.0 cm³/mol. The number of fused-ring (bicyclic) bond motifs is 1. The quantitative estimate of drug-likeness (QED) is 0.794. The molecule has 26 heavy (non-hydrogen) atoms. The molecular formula is C15H18FN5O4S. The highest BCUT2D eigenvalue weighted by Gasteiger charge is 2.36. The molecule has 2 aliphatic rings. The lowest BCUT2D eigenvalue weighted by Crippen LogP contribution is -2.49. The Morgan fingerprint density at radius 3 is 2.77 bits per heavy atom. The van der Waals surface area contributed by atoms with Crippen LogP contribution < -0.4 is 4.72 Å². The van der Waals surface area contributed by atoms with Crippen LogP contribution in [0, 0.1) is 5.82 Å². The molecule has 4 rings (SSSR count). The van der Waals surface area contributed by atoms with Crippen LogP contribution in [0.5, 0.6) is 0 Å². The molecule has 11 heteroatoms. The van der Waals surface area contributed by atoms with Gasteiger partial charge in [-0.05, 0) is 42.7 Å². The Bertz CT molecular complexity index is 876. The van der Waals surface area contributed by atoms with Gasteiger partial charge in [0.1, 0.15) is 5.82 Å². The van der Waals surface area contributed by atoms with Gasteiger partial charge in [-0.3, -0.25) is 0 Å². The van der Waals surface area contributed by atoms with E-state index in [1.165, 1.54) is 12.1 Å². The van der Waals surface area contributed by atoms with Crippen LogP contribution in [0.2, 0.25) is 0 Å². The second-order valence-electron chi connectivity index (χ2n) is 6.33. The first-order valence-electron chi connectivity index (χ1n) is 8.32. The molecule has 1 saturated heterocycles. The summed E-state index contributed by atoms with van der Waals surface area (Å²) >= 11 is 0. The summed E-state index contributed by atoms with van der Waals surface area (Å²) in [5.41, 5.74) is -0.0330. The van der Waals surface area contributed by atoms with Gasteiger partial charge in [0, 0.05) is 6.04 Å². The monoisotopic (exact) mass is 383 g/mol. The molecule has 3 atom stereocenters. The normalized spacial score (nSPS) is 26.4. The van der Waals surface area contributed by atoms with Crippen molar-refractivity contribution >= 4 is 10.0 Å². The van der Waals surface area contributed by atoms with Gasteiger partial charge in [0.05, 0.1) is 35.9 Å². The van der Waals surface area contributed by atoms with Crippen molar-refractivity contribution in [2.45, 2.75) is 42.4 Å². The van der Waals surface area contributed by atoms with Crippen LogP contribution >= 0.6 is 0 Å². The summed E-state index contributed by atoms with van der Waals surface area (Å²) < 4.78 is 53.5. The number of sulfonamides is 1. The van der Waals surface area contributed by atoms with E-state index in [1.807, 2.05) is 0 Å². The predicted octanol–water partition coefficient (Wildman–Crippen LogP) is 0.621. The minimum atomic E-state index is -3.83. The standard InChI is InChI=1S/C15H18FN5O4S/c16-12-3-2-10(8-11(12)15-17-20-21-18-15)26(22,23)19-9-1-4-13-14(7-9)25-6-5-24-13/h2-3,8-9,13-14,19H,1,4-7H2,(H,17,18,20,21). The lowest BCUT2D eigenvalue weighted by atomic mass is 9.90. The second kappa shape index (κ2) is 6.99. The SMILES string of the molecule is O=S(=O)(NC1CCC2OCCOC2C1)c1ccc(F)c(-c2nn[nH]n2)c1. The highest BCUT2D eigenvalue weighted by Crippen LogP contribution is 2.28. The van der Waals surface area contributed by atoms with Crippen LogP contribution in [0.15, 0.2) is 23.1 Å². The van der Waals surface area contributed by atoms with E-state index in [9.17, 15) is 12.8 Å². The molecule has 1 aliphatic carbocycles. The number of nitrogens with zero attached hydrogens (tertiary/aromatic N) is 3. The lowest BCUT2D eigenvalue weighted by Gasteiger charge is -2.38. The van der Waals surface area contributed by atoms with Crippen molar-refractivity contribution in [1.82, 2.24) is 25.3 Å². The average Bonchev–Trinajstić information content (AvgIpc) is 3.16. The van der Waals surface area contributed by atoms with Crippen molar-refractivity contribution in [3.8, 4) is 11.4 Å². The Balaban J connectivity index is 1.53. The van der Waals surface area contributed by atoms with E-state index < -0.39 is 15.8 Å². The summed E-state index contributed by atoms with van der Waals surface area (Å²) in [6.45, 7) is 1.10. The second-order valence-corrected chi connectivity index (χ2v) is 8.04. The number of nitrogens with one attached hydrogen (secondary N) is 2. The first-order chi connectivity index (χ1) is 12.5. The number of benzene rings is 1. The zero-order chi connectivity index (χ0) is 18.1. The average molecular weight is 383 g/mol. The van der Waals surface area contributed by atoms with Crippen LogP contribution in [-0.4, -0.2) is 60.5 Å². The topological polar surface area (TPSA) is 119 Å². The molecule has 9 nitrogen and oxygen atoms in total. The van der Waals surface area contributed by atoms with Gasteiger partial charge in [0.2, 0.25) is 15.8 Å². The Hall–Kier alpha value is -1.95.